The Bertz CT molecular complexity index is 594. The van der Waals surface area contributed by atoms with Crippen molar-refractivity contribution in [2.75, 3.05) is 31.7 Å². The summed E-state index contributed by atoms with van der Waals surface area (Å²) in [5.41, 5.74) is 1.84. The number of pyridine rings is 1. The van der Waals surface area contributed by atoms with Gasteiger partial charge in [-0.2, -0.15) is 0 Å². The van der Waals surface area contributed by atoms with Gasteiger partial charge in [0.15, 0.2) is 0 Å². The summed E-state index contributed by atoms with van der Waals surface area (Å²) in [5.74, 6) is 0. The number of aromatic nitrogens is 1. The molecule has 1 fully saturated rings. The van der Waals surface area contributed by atoms with Crippen molar-refractivity contribution in [2.24, 2.45) is 5.41 Å². The van der Waals surface area contributed by atoms with E-state index in [2.05, 4.69) is 26.2 Å². The molecule has 4 nitrogen and oxygen atoms in total. The van der Waals surface area contributed by atoms with E-state index in [0.717, 1.165) is 21.1 Å². The Morgan fingerprint density at radius 3 is 2.89 bits per heavy atom. The molecule has 2 heterocycles. The van der Waals surface area contributed by atoms with E-state index in [0.29, 0.717) is 19.8 Å². The van der Waals surface area contributed by atoms with Gasteiger partial charge in [0.05, 0.1) is 30.8 Å². The van der Waals surface area contributed by atoms with E-state index in [1.165, 1.54) is 0 Å². The van der Waals surface area contributed by atoms with E-state index < -0.39 is 0 Å². The van der Waals surface area contributed by atoms with Crippen LogP contribution in [0, 0.1) is 5.41 Å². The van der Waals surface area contributed by atoms with Crippen LogP contribution in [-0.2, 0) is 4.74 Å². The maximum atomic E-state index is 9.43. The normalized spacial score (nSPS) is 17.2. The Morgan fingerprint density at radius 1 is 1.37 bits per heavy atom. The molecule has 0 unspecified atom stereocenters. The number of para-hydroxylation sites is 1. The van der Waals surface area contributed by atoms with E-state index in [-0.39, 0.29) is 12.0 Å². The van der Waals surface area contributed by atoms with E-state index in [4.69, 9.17) is 4.74 Å². The van der Waals surface area contributed by atoms with Crippen LogP contribution in [-0.4, -0.2) is 36.5 Å². The summed E-state index contributed by atoms with van der Waals surface area (Å²) >= 11 is 3.51. The fraction of sp³-hybridized carbons (Fsp3) is 0.357. The molecule has 100 valence electrons. The van der Waals surface area contributed by atoms with Crippen molar-refractivity contribution in [1.82, 2.24) is 4.98 Å². The largest absolute Gasteiger partial charge is 0.396 e. The quantitative estimate of drug-likeness (QED) is 0.907. The number of nitrogens with one attached hydrogen (secondary N) is 1. The zero-order chi connectivity index (χ0) is 13.3. The summed E-state index contributed by atoms with van der Waals surface area (Å²) in [4.78, 5) is 4.38. The van der Waals surface area contributed by atoms with Gasteiger partial charge in [-0.05, 0) is 28.1 Å². The lowest BCUT2D eigenvalue weighted by atomic mass is 9.87. The summed E-state index contributed by atoms with van der Waals surface area (Å²) in [6.07, 6.45) is 1.79. The molecule has 0 bridgehead atoms. The highest BCUT2D eigenvalue weighted by Crippen LogP contribution is 2.30. The molecule has 0 radical (unpaired) electrons. The van der Waals surface area contributed by atoms with Crippen molar-refractivity contribution < 1.29 is 9.84 Å². The molecule has 2 aromatic rings. The first-order valence-corrected chi connectivity index (χ1v) is 6.99. The third-order valence-electron chi connectivity index (χ3n) is 3.53. The summed E-state index contributed by atoms with van der Waals surface area (Å²) in [7, 11) is 0. The molecule has 1 aliphatic rings. The highest BCUT2D eigenvalue weighted by atomic mass is 79.9. The van der Waals surface area contributed by atoms with Crippen molar-refractivity contribution >= 4 is 32.5 Å². The number of aliphatic hydroxyl groups is 1. The zero-order valence-corrected chi connectivity index (χ0v) is 12.0. The Kier molecular flexibility index (Phi) is 3.43. The molecule has 19 heavy (non-hydrogen) atoms. The smallest absolute Gasteiger partial charge is 0.0864 e. The lowest BCUT2D eigenvalue weighted by molar-refractivity contribution is -0.128. The number of rotatable bonds is 4. The van der Waals surface area contributed by atoms with Crippen LogP contribution in [0.5, 0.6) is 0 Å². The van der Waals surface area contributed by atoms with Crippen LogP contribution < -0.4 is 5.32 Å². The summed E-state index contributed by atoms with van der Waals surface area (Å²) in [6, 6.07) is 7.97. The van der Waals surface area contributed by atoms with E-state index in [9.17, 15) is 5.11 Å². The summed E-state index contributed by atoms with van der Waals surface area (Å²) in [5, 5.41) is 13.9. The number of nitrogens with zero attached hydrogens (tertiary/aromatic N) is 1. The first kappa shape index (κ1) is 12.8. The van der Waals surface area contributed by atoms with Crippen LogP contribution in [0.15, 0.2) is 34.9 Å². The standard InChI is InChI=1S/C14H15BrN2O2/c15-11-3-1-2-10-12(4-5-16-13(10)11)17-6-14(7-18)8-19-9-14/h1-5,18H,6-9H2,(H,16,17). The van der Waals surface area contributed by atoms with Gasteiger partial charge in [-0.1, -0.05) is 12.1 Å². The van der Waals surface area contributed by atoms with Crippen molar-refractivity contribution in [3.05, 3.63) is 34.9 Å². The molecule has 0 spiro atoms. The number of hydrogen-bond acceptors (Lipinski definition) is 4. The van der Waals surface area contributed by atoms with Crippen LogP contribution in [0.3, 0.4) is 0 Å². The Hall–Kier alpha value is -1.17. The Morgan fingerprint density at radius 2 is 2.21 bits per heavy atom. The molecule has 0 atom stereocenters. The maximum Gasteiger partial charge on any atom is 0.0864 e. The van der Waals surface area contributed by atoms with Crippen LogP contribution >= 0.6 is 15.9 Å². The maximum absolute atomic E-state index is 9.43. The number of hydrogen-bond donors (Lipinski definition) is 2. The Balaban J connectivity index is 1.87. The van der Waals surface area contributed by atoms with Gasteiger partial charge in [-0.3, -0.25) is 4.98 Å². The fourth-order valence-electron chi connectivity index (χ4n) is 2.22. The van der Waals surface area contributed by atoms with Crippen molar-refractivity contribution in [1.29, 1.82) is 0 Å². The second kappa shape index (κ2) is 5.07. The highest BCUT2D eigenvalue weighted by Gasteiger charge is 2.37. The van der Waals surface area contributed by atoms with Gasteiger partial charge in [-0.15, -0.1) is 0 Å². The number of benzene rings is 1. The minimum atomic E-state index is -0.137. The van der Waals surface area contributed by atoms with Gasteiger partial charge in [-0.25, -0.2) is 0 Å². The molecule has 2 N–H and O–H groups in total. The minimum Gasteiger partial charge on any atom is -0.396 e. The average Bonchev–Trinajstić information content (AvgIpc) is 2.39. The topological polar surface area (TPSA) is 54.4 Å². The first-order valence-electron chi connectivity index (χ1n) is 6.20. The van der Waals surface area contributed by atoms with E-state index in [1.54, 1.807) is 6.20 Å². The molecule has 0 amide bonds. The number of halogens is 1. The van der Waals surface area contributed by atoms with Gasteiger partial charge in [0.2, 0.25) is 0 Å². The molecular formula is C14H15BrN2O2. The van der Waals surface area contributed by atoms with Crippen molar-refractivity contribution in [3.63, 3.8) is 0 Å². The lowest BCUT2D eigenvalue weighted by Gasteiger charge is -2.40. The monoisotopic (exact) mass is 322 g/mol. The lowest BCUT2D eigenvalue weighted by Crippen LogP contribution is -2.50. The van der Waals surface area contributed by atoms with Gasteiger partial charge in [0.25, 0.3) is 0 Å². The molecule has 0 saturated carbocycles. The highest BCUT2D eigenvalue weighted by molar-refractivity contribution is 9.10. The predicted molar refractivity (Wildman–Crippen MR) is 78.3 cm³/mol. The Labute approximate surface area is 119 Å². The predicted octanol–water partition coefficient (Wildman–Crippen LogP) is 2.42. The average molecular weight is 323 g/mol. The third-order valence-corrected chi connectivity index (χ3v) is 4.17. The summed E-state index contributed by atoms with van der Waals surface area (Å²) in [6.45, 7) is 2.08. The molecule has 1 aromatic carbocycles. The van der Waals surface area contributed by atoms with Crippen LogP contribution in [0.4, 0.5) is 5.69 Å². The molecular weight excluding hydrogens is 308 g/mol. The van der Waals surface area contributed by atoms with Crippen molar-refractivity contribution in [2.45, 2.75) is 0 Å². The fourth-order valence-corrected chi connectivity index (χ4v) is 2.69. The van der Waals surface area contributed by atoms with E-state index in [1.807, 2.05) is 24.3 Å². The third kappa shape index (κ3) is 2.33. The van der Waals surface area contributed by atoms with Crippen LogP contribution in [0.1, 0.15) is 0 Å². The molecule has 5 heteroatoms. The minimum absolute atomic E-state index is 0.137. The van der Waals surface area contributed by atoms with Crippen LogP contribution in [0.25, 0.3) is 10.9 Å². The molecule has 1 aliphatic heterocycles. The first-order chi connectivity index (χ1) is 9.24. The molecule has 1 saturated heterocycles. The number of ether oxygens (including phenoxy) is 1. The van der Waals surface area contributed by atoms with Crippen molar-refractivity contribution in [3.8, 4) is 0 Å². The molecule has 1 aromatic heterocycles. The molecule has 3 rings (SSSR count). The number of aliphatic hydroxyl groups excluding tert-OH is 1. The SMILES string of the molecule is OCC1(CNc2ccnc3c(Br)cccc23)COC1. The van der Waals surface area contributed by atoms with Gasteiger partial charge < -0.3 is 15.2 Å². The van der Waals surface area contributed by atoms with Gasteiger partial charge >= 0.3 is 0 Å². The zero-order valence-electron chi connectivity index (χ0n) is 10.4. The molecule has 0 aliphatic carbocycles. The van der Waals surface area contributed by atoms with Gasteiger partial charge in [0, 0.05) is 28.3 Å². The summed E-state index contributed by atoms with van der Waals surface area (Å²) < 4.78 is 6.19. The van der Waals surface area contributed by atoms with Crippen LogP contribution in [0.2, 0.25) is 0 Å². The van der Waals surface area contributed by atoms with E-state index >= 15 is 0 Å². The number of fused-ring (bicyclic) bond motifs is 1. The second-order valence-corrected chi connectivity index (χ2v) is 5.85. The number of anilines is 1. The second-order valence-electron chi connectivity index (χ2n) is 5.00. The van der Waals surface area contributed by atoms with Gasteiger partial charge in [0.1, 0.15) is 0 Å².